The predicted octanol–water partition coefficient (Wildman–Crippen LogP) is 1.45. The van der Waals surface area contributed by atoms with E-state index in [1.165, 1.54) is 0 Å². The third-order valence-electron chi connectivity index (χ3n) is 4.80. The maximum Gasteiger partial charge on any atom is 0.260 e. The smallest absolute Gasteiger partial charge is 0.260 e. The number of piperidine rings is 1. The summed E-state index contributed by atoms with van der Waals surface area (Å²) in [4.78, 5) is 28.3. The van der Waals surface area contributed by atoms with Crippen LogP contribution in [0.1, 0.15) is 18.4 Å². The van der Waals surface area contributed by atoms with Crippen LogP contribution in [0.3, 0.4) is 0 Å². The van der Waals surface area contributed by atoms with Crippen LogP contribution in [0.25, 0.3) is 0 Å². The topological polar surface area (TPSA) is 61.9 Å². The number of amides is 2. The molecule has 0 radical (unpaired) electrons. The third kappa shape index (κ3) is 4.44. The van der Waals surface area contributed by atoms with Crippen molar-refractivity contribution in [3.63, 3.8) is 0 Å². The Kier molecular flexibility index (Phi) is 5.81. The van der Waals surface area contributed by atoms with Crippen molar-refractivity contribution in [1.82, 2.24) is 15.1 Å². The number of rotatable bonds is 4. The van der Waals surface area contributed by atoms with E-state index in [1.54, 1.807) is 12.1 Å². The monoisotopic (exact) mass is 365 g/mol. The molecule has 2 aliphatic rings. The third-order valence-corrected chi connectivity index (χ3v) is 5.04. The fraction of sp³-hybridized carbons (Fsp3) is 0.556. The summed E-state index contributed by atoms with van der Waals surface area (Å²) in [5, 5.41) is 3.73. The number of carbonyl (C=O) groups excluding carboxylic acids is 2. The fourth-order valence-corrected chi connectivity index (χ4v) is 3.68. The van der Waals surface area contributed by atoms with Gasteiger partial charge in [-0.3, -0.25) is 9.59 Å². The number of likely N-dealkylation sites (tertiary alicyclic amines) is 1. The van der Waals surface area contributed by atoms with E-state index in [0.29, 0.717) is 30.4 Å². The average molecular weight is 366 g/mol. The van der Waals surface area contributed by atoms with Crippen LogP contribution < -0.4 is 10.1 Å². The van der Waals surface area contributed by atoms with E-state index >= 15 is 0 Å². The number of nitrogens with zero attached hydrogens (tertiary/aromatic N) is 2. The molecular formula is C18H24ClN3O3. The first-order chi connectivity index (χ1) is 12.0. The molecule has 2 saturated heterocycles. The van der Waals surface area contributed by atoms with E-state index in [9.17, 15) is 9.59 Å². The Morgan fingerprint density at radius 1 is 1.40 bits per heavy atom. The van der Waals surface area contributed by atoms with Gasteiger partial charge in [0, 0.05) is 37.2 Å². The molecule has 2 heterocycles. The van der Waals surface area contributed by atoms with Gasteiger partial charge in [-0.15, -0.1) is 0 Å². The minimum Gasteiger partial charge on any atom is -0.483 e. The molecule has 2 aliphatic heterocycles. The van der Waals surface area contributed by atoms with Crippen LogP contribution in [0.5, 0.6) is 5.75 Å². The first-order valence-electron chi connectivity index (χ1n) is 8.71. The molecule has 0 saturated carbocycles. The van der Waals surface area contributed by atoms with Gasteiger partial charge in [0.1, 0.15) is 5.75 Å². The molecule has 6 nitrogen and oxygen atoms in total. The van der Waals surface area contributed by atoms with Crippen molar-refractivity contribution in [1.29, 1.82) is 0 Å². The molecule has 7 heteroatoms. The highest BCUT2D eigenvalue weighted by atomic mass is 35.5. The molecule has 25 heavy (non-hydrogen) atoms. The Morgan fingerprint density at radius 2 is 2.24 bits per heavy atom. The molecule has 1 unspecified atom stereocenters. The first-order valence-corrected chi connectivity index (χ1v) is 9.09. The van der Waals surface area contributed by atoms with E-state index in [-0.39, 0.29) is 24.5 Å². The second-order valence-corrected chi connectivity index (χ2v) is 7.03. The minimum absolute atomic E-state index is 0.00466. The predicted molar refractivity (Wildman–Crippen MR) is 95.9 cm³/mol. The van der Waals surface area contributed by atoms with Crippen LogP contribution in [0.4, 0.5) is 0 Å². The Bertz CT molecular complexity index is 652. The van der Waals surface area contributed by atoms with Gasteiger partial charge in [-0.05, 0) is 43.5 Å². The van der Waals surface area contributed by atoms with Crippen molar-refractivity contribution < 1.29 is 14.3 Å². The molecular weight excluding hydrogens is 342 g/mol. The zero-order valence-electron chi connectivity index (χ0n) is 14.5. The molecule has 2 amide bonds. The van der Waals surface area contributed by atoms with E-state index in [4.69, 9.17) is 16.3 Å². The lowest BCUT2D eigenvalue weighted by atomic mass is 10.0. The number of aryl methyl sites for hydroxylation is 1. The first kappa shape index (κ1) is 18.0. The highest BCUT2D eigenvalue weighted by molar-refractivity contribution is 6.30. The van der Waals surface area contributed by atoms with Gasteiger partial charge in [0.05, 0.1) is 6.54 Å². The second kappa shape index (κ2) is 8.06. The quantitative estimate of drug-likeness (QED) is 0.877. The lowest BCUT2D eigenvalue weighted by Crippen LogP contribution is -2.57. The van der Waals surface area contributed by atoms with Gasteiger partial charge >= 0.3 is 0 Å². The number of ether oxygens (including phenoxy) is 1. The summed E-state index contributed by atoms with van der Waals surface area (Å²) >= 11 is 5.94. The number of piperazine rings is 1. The number of benzene rings is 1. The summed E-state index contributed by atoms with van der Waals surface area (Å²) in [6.07, 6.45) is 1.86. The summed E-state index contributed by atoms with van der Waals surface area (Å²) in [5.74, 6) is 0.754. The van der Waals surface area contributed by atoms with Gasteiger partial charge < -0.3 is 19.9 Å². The SMILES string of the molecule is Cc1cc(Cl)ccc1OCC(=O)N1CCCC(N2CCNCC2=O)C1. The zero-order valence-corrected chi connectivity index (χ0v) is 15.2. The Hall–Kier alpha value is -1.79. The average Bonchev–Trinajstić information content (AvgIpc) is 2.61. The van der Waals surface area contributed by atoms with Crippen LogP contribution in [0.15, 0.2) is 18.2 Å². The van der Waals surface area contributed by atoms with Gasteiger partial charge in [0.2, 0.25) is 5.91 Å². The lowest BCUT2D eigenvalue weighted by molar-refractivity contribution is -0.141. The minimum atomic E-state index is -0.0402. The van der Waals surface area contributed by atoms with Crippen LogP contribution in [0, 0.1) is 6.92 Å². The normalized spacial score (nSPS) is 21.4. The Morgan fingerprint density at radius 3 is 3.00 bits per heavy atom. The number of hydrogen-bond acceptors (Lipinski definition) is 4. The summed E-state index contributed by atoms with van der Waals surface area (Å²) in [6, 6.07) is 5.46. The van der Waals surface area contributed by atoms with Gasteiger partial charge in [-0.2, -0.15) is 0 Å². The van der Waals surface area contributed by atoms with Crippen molar-refractivity contribution in [3.8, 4) is 5.75 Å². The van der Waals surface area contributed by atoms with Crippen LogP contribution in [0.2, 0.25) is 5.02 Å². The van der Waals surface area contributed by atoms with Crippen molar-refractivity contribution in [3.05, 3.63) is 28.8 Å². The van der Waals surface area contributed by atoms with Gasteiger partial charge in [0.15, 0.2) is 6.61 Å². The highest BCUT2D eigenvalue weighted by Gasteiger charge is 2.31. The molecule has 1 atom stereocenters. The summed E-state index contributed by atoms with van der Waals surface area (Å²) < 4.78 is 5.67. The maximum atomic E-state index is 12.5. The standard InChI is InChI=1S/C18H24ClN3O3/c1-13-9-14(19)4-5-16(13)25-12-18(24)21-7-2-3-15(11-21)22-8-6-20-10-17(22)23/h4-5,9,15,20H,2-3,6-8,10-12H2,1H3. The molecule has 2 fully saturated rings. The molecule has 0 aliphatic carbocycles. The van der Waals surface area contributed by atoms with E-state index in [0.717, 1.165) is 31.5 Å². The Balaban J connectivity index is 1.55. The molecule has 3 rings (SSSR count). The van der Waals surface area contributed by atoms with E-state index in [1.807, 2.05) is 22.8 Å². The number of halogens is 1. The lowest BCUT2D eigenvalue weighted by Gasteiger charge is -2.41. The highest BCUT2D eigenvalue weighted by Crippen LogP contribution is 2.22. The van der Waals surface area contributed by atoms with E-state index in [2.05, 4.69) is 5.32 Å². The molecule has 136 valence electrons. The van der Waals surface area contributed by atoms with Gasteiger partial charge in [0.25, 0.3) is 5.91 Å². The maximum absolute atomic E-state index is 12.5. The van der Waals surface area contributed by atoms with Gasteiger partial charge in [-0.1, -0.05) is 11.6 Å². The van der Waals surface area contributed by atoms with E-state index < -0.39 is 0 Å². The van der Waals surface area contributed by atoms with Crippen LogP contribution >= 0.6 is 11.6 Å². The number of carbonyl (C=O) groups is 2. The summed E-state index contributed by atoms with van der Waals surface area (Å²) in [6.45, 7) is 5.14. The largest absolute Gasteiger partial charge is 0.483 e. The summed E-state index contributed by atoms with van der Waals surface area (Å²) in [7, 11) is 0. The summed E-state index contributed by atoms with van der Waals surface area (Å²) in [5.41, 5.74) is 0.906. The van der Waals surface area contributed by atoms with Crippen LogP contribution in [-0.2, 0) is 9.59 Å². The molecule has 0 spiro atoms. The van der Waals surface area contributed by atoms with Crippen molar-refractivity contribution in [2.24, 2.45) is 0 Å². The fourth-order valence-electron chi connectivity index (χ4n) is 3.45. The number of hydrogen-bond donors (Lipinski definition) is 1. The van der Waals surface area contributed by atoms with Crippen LogP contribution in [-0.4, -0.2) is 67.0 Å². The molecule has 1 N–H and O–H groups in total. The van der Waals surface area contributed by atoms with Crippen molar-refractivity contribution in [2.45, 2.75) is 25.8 Å². The Labute approximate surface area is 153 Å². The zero-order chi connectivity index (χ0) is 17.8. The second-order valence-electron chi connectivity index (χ2n) is 6.60. The molecule has 1 aromatic carbocycles. The van der Waals surface area contributed by atoms with Crippen molar-refractivity contribution >= 4 is 23.4 Å². The molecule has 0 bridgehead atoms. The van der Waals surface area contributed by atoms with Gasteiger partial charge in [-0.25, -0.2) is 0 Å². The number of nitrogens with one attached hydrogen (secondary N) is 1. The molecule has 1 aromatic rings. The van der Waals surface area contributed by atoms with Crippen molar-refractivity contribution in [2.75, 3.05) is 39.3 Å². The molecule has 0 aromatic heterocycles.